The molecule has 1 amide bonds. The molecule has 1 unspecified atom stereocenters. The number of carbonyl (C=O) groups excluding carboxylic acids is 1. The Morgan fingerprint density at radius 1 is 1.47 bits per heavy atom. The Morgan fingerprint density at radius 2 is 2.07 bits per heavy atom. The van der Waals surface area contributed by atoms with E-state index in [1.807, 2.05) is 34.6 Å². The lowest BCUT2D eigenvalue weighted by Gasteiger charge is -2.30. The lowest BCUT2D eigenvalue weighted by atomic mass is 10.3. The zero-order chi connectivity index (χ0) is 11.8. The molecule has 15 heavy (non-hydrogen) atoms. The van der Waals surface area contributed by atoms with Crippen LogP contribution < -0.4 is 0 Å². The van der Waals surface area contributed by atoms with Gasteiger partial charge in [0.25, 0.3) is 0 Å². The summed E-state index contributed by atoms with van der Waals surface area (Å²) in [6, 6.07) is 0. The lowest BCUT2D eigenvalue weighted by Crippen LogP contribution is -2.45. The number of nitrogens with zero attached hydrogens (tertiary/aromatic N) is 1. The fourth-order valence-corrected chi connectivity index (χ4v) is 1.26. The second-order valence-corrected chi connectivity index (χ2v) is 3.56. The first kappa shape index (κ1) is 14.2. The Labute approximate surface area is 92.5 Å². The van der Waals surface area contributed by atoms with Crippen molar-refractivity contribution in [2.45, 2.75) is 46.8 Å². The van der Waals surface area contributed by atoms with Crippen molar-refractivity contribution < 1.29 is 14.3 Å². The maximum absolute atomic E-state index is 11.4. The zero-order valence-electron chi connectivity index (χ0n) is 10.4. The van der Waals surface area contributed by atoms with E-state index in [9.17, 15) is 4.79 Å². The second kappa shape index (κ2) is 7.51. The number of amides is 1. The van der Waals surface area contributed by atoms with Crippen LogP contribution in [0, 0.1) is 0 Å². The summed E-state index contributed by atoms with van der Waals surface area (Å²) in [5, 5.41) is 0. The monoisotopic (exact) mass is 217 g/mol. The molecule has 90 valence electrons. The molecule has 1 saturated heterocycles. The van der Waals surface area contributed by atoms with Crippen molar-refractivity contribution in [1.29, 1.82) is 0 Å². The lowest BCUT2D eigenvalue weighted by molar-refractivity contribution is -0.0226. The van der Waals surface area contributed by atoms with Gasteiger partial charge in [-0.3, -0.25) is 0 Å². The molecule has 1 aliphatic rings. The molecule has 0 aromatic carbocycles. The number of hydrogen-bond acceptors (Lipinski definition) is 3. The summed E-state index contributed by atoms with van der Waals surface area (Å²) in [6.07, 6.45) is -0.163. The van der Waals surface area contributed by atoms with E-state index in [0.717, 1.165) is 0 Å². The zero-order valence-corrected chi connectivity index (χ0v) is 10.4. The first-order chi connectivity index (χ1) is 7.09. The third-order valence-corrected chi connectivity index (χ3v) is 1.84. The average Bonchev–Trinajstić information content (AvgIpc) is 2.20. The van der Waals surface area contributed by atoms with Crippen LogP contribution in [0.4, 0.5) is 4.79 Å². The van der Waals surface area contributed by atoms with E-state index in [1.54, 1.807) is 4.90 Å². The number of morpholine rings is 1. The number of rotatable bonds is 1. The van der Waals surface area contributed by atoms with Crippen LogP contribution in [0.25, 0.3) is 0 Å². The standard InChI is InChI=1S/C9H17NO3.C2H6/c1-7(2)13-9(11)10-4-5-12-8(3)6-10;1-2/h7-8H,4-6H2,1-3H3;1-2H3. The number of ether oxygens (including phenoxy) is 2. The van der Waals surface area contributed by atoms with Crippen LogP contribution in [-0.2, 0) is 9.47 Å². The van der Waals surface area contributed by atoms with Crippen molar-refractivity contribution >= 4 is 6.09 Å². The van der Waals surface area contributed by atoms with Gasteiger partial charge in [-0.2, -0.15) is 0 Å². The molecule has 0 aliphatic carbocycles. The fraction of sp³-hybridized carbons (Fsp3) is 0.909. The van der Waals surface area contributed by atoms with Gasteiger partial charge in [0.05, 0.1) is 25.4 Å². The molecule has 0 saturated carbocycles. The molecule has 0 N–H and O–H groups in total. The minimum atomic E-state index is -0.231. The SMILES string of the molecule is CC.CC(C)OC(=O)N1CCOC(C)C1. The van der Waals surface area contributed by atoms with Crippen LogP contribution in [0.3, 0.4) is 0 Å². The molecule has 1 rings (SSSR count). The van der Waals surface area contributed by atoms with Gasteiger partial charge in [-0.15, -0.1) is 0 Å². The Kier molecular flexibility index (Phi) is 7.13. The van der Waals surface area contributed by atoms with E-state index in [0.29, 0.717) is 19.7 Å². The quantitative estimate of drug-likeness (QED) is 0.676. The van der Waals surface area contributed by atoms with Gasteiger partial charge in [0.1, 0.15) is 0 Å². The first-order valence-corrected chi connectivity index (χ1v) is 5.66. The average molecular weight is 217 g/mol. The van der Waals surface area contributed by atoms with Crippen molar-refractivity contribution in [1.82, 2.24) is 4.90 Å². The highest BCUT2D eigenvalue weighted by Gasteiger charge is 2.22. The van der Waals surface area contributed by atoms with Gasteiger partial charge >= 0.3 is 6.09 Å². The van der Waals surface area contributed by atoms with Crippen molar-refractivity contribution in [2.24, 2.45) is 0 Å². The van der Waals surface area contributed by atoms with Crippen LogP contribution in [0.5, 0.6) is 0 Å². The molecule has 1 atom stereocenters. The van der Waals surface area contributed by atoms with Crippen LogP contribution in [0.2, 0.25) is 0 Å². The van der Waals surface area contributed by atoms with Crippen LogP contribution >= 0.6 is 0 Å². The molecule has 0 aromatic rings. The van der Waals surface area contributed by atoms with Gasteiger partial charge in [0.2, 0.25) is 0 Å². The third-order valence-electron chi connectivity index (χ3n) is 1.84. The molecule has 4 nitrogen and oxygen atoms in total. The largest absolute Gasteiger partial charge is 0.447 e. The highest BCUT2D eigenvalue weighted by Crippen LogP contribution is 2.06. The van der Waals surface area contributed by atoms with Crippen molar-refractivity contribution in [3.05, 3.63) is 0 Å². The molecule has 0 spiro atoms. The highest BCUT2D eigenvalue weighted by atomic mass is 16.6. The maximum atomic E-state index is 11.4. The van der Waals surface area contributed by atoms with Gasteiger partial charge < -0.3 is 14.4 Å². The molecule has 0 radical (unpaired) electrons. The minimum Gasteiger partial charge on any atom is -0.447 e. The summed E-state index contributed by atoms with van der Waals surface area (Å²) in [5.41, 5.74) is 0. The normalized spacial score (nSPS) is 20.7. The highest BCUT2D eigenvalue weighted by molar-refractivity contribution is 5.67. The first-order valence-electron chi connectivity index (χ1n) is 5.66. The van der Waals surface area contributed by atoms with Gasteiger partial charge in [-0.25, -0.2) is 4.79 Å². The van der Waals surface area contributed by atoms with Crippen LogP contribution in [0.1, 0.15) is 34.6 Å². The Balaban J connectivity index is 0.000000921. The molecular weight excluding hydrogens is 194 g/mol. The smallest absolute Gasteiger partial charge is 0.410 e. The van der Waals surface area contributed by atoms with E-state index in [-0.39, 0.29) is 18.3 Å². The molecular formula is C11H23NO3. The van der Waals surface area contributed by atoms with Crippen molar-refractivity contribution in [3.63, 3.8) is 0 Å². The van der Waals surface area contributed by atoms with E-state index in [1.165, 1.54) is 0 Å². The summed E-state index contributed by atoms with van der Waals surface area (Å²) in [7, 11) is 0. The molecule has 0 bridgehead atoms. The predicted molar refractivity (Wildman–Crippen MR) is 60.0 cm³/mol. The second-order valence-electron chi connectivity index (χ2n) is 3.56. The topological polar surface area (TPSA) is 38.8 Å². The maximum Gasteiger partial charge on any atom is 0.410 e. The van der Waals surface area contributed by atoms with Crippen LogP contribution in [0.15, 0.2) is 0 Å². The van der Waals surface area contributed by atoms with E-state index in [2.05, 4.69) is 0 Å². The Morgan fingerprint density at radius 3 is 2.53 bits per heavy atom. The fourth-order valence-electron chi connectivity index (χ4n) is 1.26. The van der Waals surface area contributed by atoms with Gasteiger partial charge in [0, 0.05) is 6.54 Å². The summed E-state index contributed by atoms with van der Waals surface area (Å²) in [6.45, 7) is 11.5. The summed E-state index contributed by atoms with van der Waals surface area (Å²) >= 11 is 0. The van der Waals surface area contributed by atoms with E-state index >= 15 is 0 Å². The van der Waals surface area contributed by atoms with Crippen LogP contribution in [-0.4, -0.2) is 42.9 Å². The van der Waals surface area contributed by atoms with Gasteiger partial charge in [-0.05, 0) is 20.8 Å². The van der Waals surface area contributed by atoms with Gasteiger partial charge in [0.15, 0.2) is 0 Å². The molecule has 0 aromatic heterocycles. The minimum absolute atomic E-state index is 0.0503. The van der Waals surface area contributed by atoms with Gasteiger partial charge in [-0.1, -0.05) is 13.8 Å². The Bertz CT molecular complexity index is 183. The van der Waals surface area contributed by atoms with Crippen molar-refractivity contribution in [3.8, 4) is 0 Å². The molecule has 1 heterocycles. The predicted octanol–water partition coefficient (Wildman–Crippen LogP) is 2.28. The van der Waals surface area contributed by atoms with Crippen molar-refractivity contribution in [2.75, 3.05) is 19.7 Å². The Hall–Kier alpha value is -0.770. The summed E-state index contributed by atoms with van der Waals surface area (Å²) in [4.78, 5) is 13.1. The molecule has 1 aliphatic heterocycles. The molecule has 1 fully saturated rings. The number of hydrogen-bond donors (Lipinski definition) is 0. The summed E-state index contributed by atoms with van der Waals surface area (Å²) < 4.78 is 10.4. The van der Waals surface area contributed by atoms with E-state index < -0.39 is 0 Å². The summed E-state index contributed by atoms with van der Waals surface area (Å²) in [5.74, 6) is 0. The number of carbonyl (C=O) groups is 1. The third kappa shape index (κ3) is 5.62. The van der Waals surface area contributed by atoms with E-state index in [4.69, 9.17) is 9.47 Å². The molecule has 4 heteroatoms.